The van der Waals surface area contributed by atoms with E-state index in [4.69, 9.17) is 30.5 Å². The zero-order valence-corrected chi connectivity index (χ0v) is 20.4. The van der Waals surface area contributed by atoms with Crippen LogP contribution >= 0.6 is 11.6 Å². The van der Waals surface area contributed by atoms with E-state index in [2.05, 4.69) is 19.9 Å². The third-order valence-corrected chi connectivity index (χ3v) is 6.99. The smallest absolute Gasteiger partial charge is 0.314 e. The third-order valence-electron chi connectivity index (χ3n) is 6.61. The van der Waals surface area contributed by atoms with Crippen LogP contribution in [-0.2, 0) is 28.5 Å². The molecule has 1 fully saturated rings. The second kappa shape index (κ2) is 9.00. The van der Waals surface area contributed by atoms with E-state index in [0.717, 1.165) is 12.0 Å². The van der Waals surface area contributed by atoms with E-state index in [1.165, 1.54) is 14.2 Å². The second-order valence-corrected chi connectivity index (χ2v) is 9.21. The summed E-state index contributed by atoms with van der Waals surface area (Å²) < 4.78 is 22.5. The van der Waals surface area contributed by atoms with Gasteiger partial charge in [-0.3, -0.25) is 9.59 Å². The van der Waals surface area contributed by atoms with Gasteiger partial charge in [0.2, 0.25) is 5.78 Å². The van der Waals surface area contributed by atoms with E-state index in [1.807, 2.05) is 19.1 Å². The summed E-state index contributed by atoms with van der Waals surface area (Å²) in [6, 6.07) is 0. The number of Topliss-reactive ketones (excluding diaryl/α,β-unsaturated/α-hetero) is 1. The first-order valence-electron chi connectivity index (χ1n) is 10.7. The molecule has 5 unspecified atom stereocenters. The van der Waals surface area contributed by atoms with Crippen molar-refractivity contribution in [3.63, 3.8) is 0 Å². The van der Waals surface area contributed by atoms with Crippen molar-refractivity contribution in [2.75, 3.05) is 14.2 Å². The fraction of sp³-hybridized carbons (Fsp3) is 0.520. The van der Waals surface area contributed by atoms with E-state index in [0.29, 0.717) is 22.8 Å². The highest BCUT2D eigenvalue weighted by Gasteiger charge is 2.68. The number of halogens is 1. The highest BCUT2D eigenvalue weighted by Crippen LogP contribution is 2.57. The number of esters is 1. The molecule has 0 spiro atoms. The summed E-state index contributed by atoms with van der Waals surface area (Å²) in [7, 11) is 2.73. The van der Waals surface area contributed by atoms with Crippen LogP contribution in [0.4, 0.5) is 0 Å². The van der Waals surface area contributed by atoms with Crippen LogP contribution in [0.5, 0.6) is 0 Å². The monoisotopic (exact) mass is 462 g/mol. The molecule has 1 saturated heterocycles. The highest BCUT2D eigenvalue weighted by molar-refractivity contribution is 6.45. The number of hydrogen-bond acceptors (Lipinski definition) is 6. The lowest BCUT2D eigenvalue weighted by atomic mass is 9.67. The van der Waals surface area contributed by atoms with Crippen molar-refractivity contribution in [3.8, 4) is 0 Å². The maximum Gasteiger partial charge on any atom is 0.314 e. The summed E-state index contributed by atoms with van der Waals surface area (Å²) in [5.41, 5.74) is 0.844. The maximum atomic E-state index is 13.3. The lowest BCUT2D eigenvalue weighted by molar-refractivity contribution is -0.237. The fourth-order valence-electron chi connectivity index (χ4n) is 4.63. The normalized spacial score (nSPS) is 33.4. The maximum absolute atomic E-state index is 13.3. The van der Waals surface area contributed by atoms with Crippen LogP contribution in [0.25, 0.3) is 0 Å². The van der Waals surface area contributed by atoms with E-state index < -0.39 is 35.0 Å². The summed E-state index contributed by atoms with van der Waals surface area (Å²) >= 11 is 6.53. The van der Waals surface area contributed by atoms with Crippen LogP contribution in [0.1, 0.15) is 41.0 Å². The first kappa shape index (κ1) is 24.5. The van der Waals surface area contributed by atoms with Crippen molar-refractivity contribution in [2.24, 2.45) is 17.8 Å². The number of hydrogen-bond donors (Lipinski definition) is 0. The van der Waals surface area contributed by atoms with Gasteiger partial charge in [0.15, 0.2) is 5.79 Å². The zero-order chi connectivity index (χ0) is 23.8. The van der Waals surface area contributed by atoms with Crippen molar-refractivity contribution < 1.29 is 28.5 Å². The summed E-state index contributed by atoms with van der Waals surface area (Å²) in [4.78, 5) is 26.1. The molecule has 5 atom stereocenters. The molecule has 0 radical (unpaired) electrons. The Morgan fingerprint density at radius 1 is 1.34 bits per heavy atom. The number of carbonyl (C=O) groups excluding carboxylic acids is 2. The van der Waals surface area contributed by atoms with Crippen LogP contribution in [0, 0.1) is 17.8 Å². The molecule has 0 aromatic heterocycles. The average molecular weight is 463 g/mol. The lowest BCUT2D eigenvalue weighted by Crippen LogP contribution is -2.48. The van der Waals surface area contributed by atoms with Gasteiger partial charge in [-0.15, -0.1) is 0 Å². The van der Waals surface area contributed by atoms with Crippen molar-refractivity contribution in [1.29, 1.82) is 0 Å². The molecule has 0 aromatic rings. The molecule has 0 bridgehead atoms. The number of fused-ring (bicyclic) bond motifs is 3. The minimum Gasteiger partial charge on any atom is -0.469 e. The Labute approximate surface area is 194 Å². The summed E-state index contributed by atoms with van der Waals surface area (Å²) in [6.45, 7) is 9.58. The minimum absolute atomic E-state index is 0.0417. The van der Waals surface area contributed by atoms with E-state index in [1.54, 1.807) is 26.2 Å². The van der Waals surface area contributed by atoms with Gasteiger partial charge in [-0.2, -0.15) is 0 Å². The Balaban J connectivity index is 2.03. The quantitative estimate of drug-likeness (QED) is 0.410. The van der Waals surface area contributed by atoms with Gasteiger partial charge in [0.1, 0.15) is 17.3 Å². The van der Waals surface area contributed by atoms with Gasteiger partial charge in [-0.25, -0.2) is 0 Å². The van der Waals surface area contributed by atoms with Gasteiger partial charge in [0, 0.05) is 24.2 Å². The molecule has 6 nitrogen and oxygen atoms in total. The third kappa shape index (κ3) is 4.00. The van der Waals surface area contributed by atoms with E-state index >= 15 is 0 Å². The molecule has 32 heavy (non-hydrogen) atoms. The predicted octanol–water partition coefficient (Wildman–Crippen LogP) is 4.97. The number of ketones is 1. The number of carbonyl (C=O) groups is 2. The van der Waals surface area contributed by atoms with Crippen molar-refractivity contribution in [3.05, 3.63) is 58.1 Å². The lowest BCUT2D eigenvalue weighted by Gasteiger charge is -2.37. The van der Waals surface area contributed by atoms with Crippen LogP contribution in [0.15, 0.2) is 58.1 Å². The first-order valence-corrected chi connectivity index (χ1v) is 11.1. The standard InChI is InChI=1S/C25H31ClO6/c1-8-14(2)11-15(3)9-10-16-12-17-18(13-31-16)19-20(23(28)29-6)25(5,30-7)32-24(19,4)22(27)21(17)26/h9-14,19-20H,8H2,1-7H3. The molecule has 0 saturated carbocycles. The van der Waals surface area contributed by atoms with Crippen LogP contribution in [0.2, 0.25) is 0 Å². The molecule has 3 aliphatic rings. The molecule has 3 rings (SSSR count). The number of methoxy groups -OCH3 is 2. The average Bonchev–Trinajstić information content (AvgIpc) is 3.03. The summed E-state index contributed by atoms with van der Waals surface area (Å²) in [6.07, 6.45) is 10.3. The topological polar surface area (TPSA) is 71.1 Å². The molecule has 174 valence electrons. The number of rotatable bonds is 6. The zero-order valence-electron chi connectivity index (χ0n) is 19.7. The molecule has 0 N–H and O–H groups in total. The van der Waals surface area contributed by atoms with Crippen molar-refractivity contribution >= 4 is 23.4 Å². The number of ether oxygens (including phenoxy) is 4. The van der Waals surface area contributed by atoms with E-state index in [9.17, 15) is 9.59 Å². The molecule has 2 heterocycles. The molecular formula is C25H31ClO6. The predicted molar refractivity (Wildman–Crippen MR) is 121 cm³/mol. The van der Waals surface area contributed by atoms with Gasteiger partial charge in [-0.05, 0) is 38.8 Å². The van der Waals surface area contributed by atoms with Gasteiger partial charge in [0.05, 0.1) is 18.4 Å². The van der Waals surface area contributed by atoms with Gasteiger partial charge < -0.3 is 18.9 Å². The largest absolute Gasteiger partial charge is 0.469 e. The summed E-state index contributed by atoms with van der Waals surface area (Å²) in [5, 5.41) is 0.0417. The Kier molecular flexibility index (Phi) is 6.89. The van der Waals surface area contributed by atoms with Gasteiger partial charge >= 0.3 is 5.97 Å². The fourth-order valence-corrected chi connectivity index (χ4v) is 4.98. The summed E-state index contributed by atoms with van der Waals surface area (Å²) in [5.74, 6) is -2.85. The molecule has 0 aromatic carbocycles. The van der Waals surface area contributed by atoms with Crippen LogP contribution < -0.4 is 0 Å². The Morgan fingerprint density at radius 3 is 2.62 bits per heavy atom. The molecule has 1 aliphatic carbocycles. The highest BCUT2D eigenvalue weighted by atomic mass is 35.5. The van der Waals surface area contributed by atoms with Crippen molar-refractivity contribution in [1.82, 2.24) is 0 Å². The molecule has 7 heteroatoms. The Bertz CT molecular complexity index is 971. The second-order valence-electron chi connectivity index (χ2n) is 8.83. The van der Waals surface area contributed by atoms with Gasteiger partial charge in [-0.1, -0.05) is 49.6 Å². The Hall–Kier alpha value is -2.15. The Morgan fingerprint density at radius 2 is 2.03 bits per heavy atom. The molecule has 2 aliphatic heterocycles. The molecular weight excluding hydrogens is 432 g/mol. The van der Waals surface area contributed by atoms with E-state index in [-0.39, 0.29) is 5.03 Å². The van der Waals surface area contributed by atoms with Crippen molar-refractivity contribution in [2.45, 2.75) is 52.4 Å². The SMILES string of the molecule is CCC(C)C=C(C)C=CC1=CC2=C(Cl)C(=O)C3(C)OC(C)(OC)C(C(=O)OC)C3C2=CO1. The van der Waals surface area contributed by atoms with Crippen LogP contribution in [0.3, 0.4) is 0 Å². The number of allylic oxidation sites excluding steroid dienone is 6. The molecule has 0 amide bonds. The van der Waals surface area contributed by atoms with Gasteiger partial charge in [0.25, 0.3) is 0 Å². The first-order chi connectivity index (χ1) is 15.0. The van der Waals surface area contributed by atoms with Crippen LogP contribution in [-0.4, -0.2) is 37.4 Å². The minimum atomic E-state index is -1.39.